The summed E-state index contributed by atoms with van der Waals surface area (Å²) in [4.78, 5) is 36.3. The first-order chi connectivity index (χ1) is 8.46. The molecule has 100 valence electrons. The molecule has 6 heteroatoms. The number of carboxylic acid groups (broad SMARTS) is 1. The monoisotopic (exact) mass is 255 g/mol. The molecule has 2 rings (SSSR count). The highest BCUT2D eigenvalue weighted by molar-refractivity contribution is 6.02. The van der Waals surface area contributed by atoms with Crippen LogP contribution < -0.4 is 0 Å². The van der Waals surface area contributed by atoms with Crippen molar-refractivity contribution < 1.29 is 24.2 Å². The van der Waals surface area contributed by atoms with Gasteiger partial charge in [0.05, 0.1) is 6.61 Å². The largest absolute Gasteiger partial charge is 0.479 e. The first-order valence-electron chi connectivity index (χ1n) is 6.16. The van der Waals surface area contributed by atoms with Crippen molar-refractivity contribution in [3.8, 4) is 0 Å². The van der Waals surface area contributed by atoms with Crippen molar-refractivity contribution in [1.82, 2.24) is 4.90 Å². The molecule has 0 aliphatic carbocycles. The van der Waals surface area contributed by atoms with E-state index >= 15 is 0 Å². The van der Waals surface area contributed by atoms with Gasteiger partial charge >= 0.3 is 11.9 Å². The van der Waals surface area contributed by atoms with E-state index < -0.39 is 23.4 Å². The second kappa shape index (κ2) is 4.59. The van der Waals surface area contributed by atoms with Gasteiger partial charge in [-0.3, -0.25) is 4.79 Å². The van der Waals surface area contributed by atoms with Gasteiger partial charge in [0.2, 0.25) is 11.9 Å². The number of ether oxygens (including phenoxy) is 1. The van der Waals surface area contributed by atoms with Crippen LogP contribution in [0.25, 0.3) is 0 Å². The lowest BCUT2D eigenvalue weighted by Crippen LogP contribution is -2.50. The van der Waals surface area contributed by atoms with Gasteiger partial charge in [-0.1, -0.05) is 6.92 Å². The molecular formula is C12H17NO5. The Morgan fingerprint density at radius 2 is 2.11 bits per heavy atom. The van der Waals surface area contributed by atoms with E-state index in [1.807, 2.05) is 6.92 Å². The predicted octanol–water partition coefficient (Wildman–Crippen LogP) is 0.405. The van der Waals surface area contributed by atoms with Crippen molar-refractivity contribution in [2.75, 3.05) is 13.2 Å². The maximum atomic E-state index is 12.3. The third-order valence-electron chi connectivity index (χ3n) is 3.82. The molecule has 0 aromatic rings. The van der Waals surface area contributed by atoms with Crippen LogP contribution in [0.2, 0.25) is 0 Å². The van der Waals surface area contributed by atoms with Crippen molar-refractivity contribution >= 4 is 17.8 Å². The Morgan fingerprint density at radius 3 is 2.78 bits per heavy atom. The van der Waals surface area contributed by atoms with E-state index in [4.69, 9.17) is 9.84 Å². The predicted molar refractivity (Wildman–Crippen MR) is 60.7 cm³/mol. The summed E-state index contributed by atoms with van der Waals surface area (Å²) in [6.45, 7) is 2.38. The summed E-state index contributed by atoms with van der Waals surface area (Å²) in [6, 6.07) is -1.49. The molecule has 2 saturated heterocycles. The third-order valence-corrected chi connectivity index (χ3v) is 3.82. The number of hydrogen-bond donors (Lipinski definition) is 1. The van der Waals surface area contributed by atoms with Gasteiger partial charge < -0.3 is 14.7 Å². The molecule has 6 nitrogen and oxygen atoms in total. The Labute approximate surface area is 105 Å². The summed E-state index contributed by atoms with van der Waals surface area (Å²) < 4.78 is 4.91. The summed E-state index contributed by atoms with van der Waals surface area (Å²) in [5.74, 6) is -2.39. The normalized spacial score (nSPS) is 33.2. The average Bonchev–Trinajstić information content (AvgIpc) is 2.57. The number of aliphatic carboxylic acids is 1. The fourth-order valence-corrected chi connectivity index (χ4v) is 2.63. The van der Waals surface area contributed by atoms with E-state index in [1.165, 1.54) is 0 Å². The second-order valence-corrected chi connectivity index (χ2v) is 5.17. The number of carbonyl (C=O) groups excluding carboxylic acids is 2. The number of carboxylic acids is 1. The second-order valence-electron chi connectivity index (χ2n) is 5.17. The minimum atomic E-state index is -1.49. The fraction of sp³-hybridized carbons (Fsp3) is 0.750. The Morgan fingerprint density at radius 1 is 1.39 bits per heavy atom. The molecule has 0 saturated carbocycles. The van der Waals surface area contributed by atoms with Gasteiger partial charge in [-0.15, -0.1) is 0 Å². The van der Waals surface area contributed by atoms with E-state index in [-0.39, 0.29) is 12.5 Å². The van der Waals surface area contributed by atoms with E-state index in [0.717, 1.165) is 11.3 Å². The molecule has 2 heterocycles. The maximum absolute atomic E-state index is 12.3. The summed E-state index contributed by atoms with van der Waals surface area (Å²) in [5.41, 5.74) is -0.523. The van der Waals surface area contributed by atoms with E-state index in [0.29, 0.717) is 25.8 Å². The molecule has 18 heavy (non-hydrogen) atoms. The van der Waals surface area contributed by atoms with E-state index in [9.17, 15) is 14.4 Å². The zero-order chi connectivity index (χ0) is 13.3. The van der Waals surface area contributed by atoms with Gasteiger partial charge in [0.15, 0.2) is 0 Å². The molecule has 1 amide bonds. The minimum absolute atomic E-state index is 0.223. The number of fused-ring (bicyclic) bond motifs is 2. The van der Waals surface area contributed by atoms with Crippen LogP contribution in [0.3, 0.4) is 0 Å². The average molecular weight is 255 g/mol. The lowest BCUT2D eigenvalue weighted by Gasteiger charge is -2.27. The molecule has 0 aromatic heterocycles. The van der Waals surface area contributed by atoms with E-state index in [1.54, 1.807) is 0 Å². The molecular weight excluding hydrogens is 238 g/mol. The first-order valence-corrected chi connectivity index (χ1v) is 6.16. The van der Waals surface area contributed by atoms with Gasteiger partial charge in [0.1, 0.15) is 0 Å². The third kappa shape index (κ3) is 2.07. The topological polar surface area (TPSA) is 83.9 Å². The van der Waals surface area contributed by atoms with Crippen LogP contribution in [0.5, 0.6) is 0 Å². The number of rotatable bonds is 1. The quantitative estimate of drug-likeness (QED) is 0.541. The number of amides is 1. The molecule has 2 atom stereocenters. The van der Waals surface area contributed by atoms with Crippen molar-refractivity contribution in [3.05, 3.63) is 0 Å². The number of nitrogens with zero attached hydrogens (tertiary/aromatic N) is 1. The molecule has 0 radical (unpaired) electrons. The molecule has 2 unspecified atom stereocenters. The Balaban J connectivity index is 2.31. The van der Waals surface area contributed by atoms with Crippen molar-refractivity contribution in [2.24, 2.45) is 5.41 Å². The van der Waals surface area contributed by atoms with Crippen LogP contribution in [0, 0.1) is 5.41 Å². The molecule has 0 aromatic carbocycles. The van der Waals surface area contributed by atoms with Crippen LogP contribution in [0.15, 0.2) is 0 Å². The van der Waals surface area contributed by atoms with Gasteiger partial charge in [-0.2, -0.15) is 0 Å². The summed E-state index contributed by atoms with van der Waals surface area (Å²) in [6.07, 6.45) is 2.79. The zero-order valence-electron chi connectivity index (χ0n) is 10.3. The SMILES string of the molecule is CC12CCCCOC(=O)C(C(=O)O)N(CC1)C2=O. The summed E-state index contributed by atoms with van der Waals surface area (Å²) >= 11 is 0. The van der Waals surface area contributed by atoms with Crippen LogP contribution in [-0.2, 0) is 19.1 Å². The fourth-order valence-electron chi connectivity index (χ4n) is 2.63. The van der Waals surface area contributed by atoms with Gasteiger partial charge in [-0.25, -0.2) is 9.59 Å². The van der Waals surface area contributed by atoms with Crippen LogP contribution >= 0.6 is 0 Å². The molecule has 2 bridgehead atoms. The number of carbonyl (C=O) groups is 3. The van der Waals surface area contributed by atoms with Gasteiger partial charge in [-0.05, 0) is 25.7 Å². The smallest absolute Gasteiger partial charge is 0.340 e. The minimum Gasteiger partial charge on any atom is -0.479 e. The molecule has 2 aliphatic heterocycles. The zero-order valence-corrected chi connectivity index (χ0v) is 10.3. The molecule has 2 aliphatic rings. The summed E-state index contributed by atoms with van der Waals surface area (Å²) in [5, 5.41) is 9.11. The first kappa shape index (κ1) is 12.9. The standard InChI is InChI=1S/C12H17NO5/c1-12-4-2-3-7-18-10(16)8(9(14)15)13(6-5-12)11(12)17/h8H,2-7H2,1H3,(H,14,15). The Hall–Kier alpha value is -1.59. The van der Waals surface area contributed by atoms with Crippen molar-refractivity contribution in [1.29, 1.82) is 0 Å². The highest BCUT2D eigenvalue weighted by atomic mass is 16.5. The lowest BCUT2D eigenvalue weighted by molar-refractivity contribution is -0.165. The Bertz CT molecular complexity index is 394. The van der Waals surface area contributed by atoms with Crippen LogP contribution in [0.1, 0.15) is 32.6 Å². The maximum Gasteiger partial charge on any atom is 0.340 e. The van der Waals surface area contributed by atoms with E-state index in [2.05, 4.69) is 0 Å². The summed E-state index contributed by atoms with van der Waals surface area (Å²) in [7, 11) is 0. The van der Waals surface area contributed by atoms with Gasteiger partial charge in [0.25, 0.3) is 0 Å². The number of hydrogen-bond acceptors (Lipinski definition) is 4. The number of esters is 1. The lowest BCUT2D eigenvalue weighted by atomic mass is 9.83. The van der Waals surface area contributed by atoms with Crippen LogP contribution in [-0.4, -0.2) is 47.0 Å². The van der Waals surface area contributed by atoms with Crippen LogP contribution in [0.4, 0.5) is 0 Å². The highest BCUT2D eigenvalue weighted by Gasteiger charge is 2.49. The van der Waals surface area contributed by atoms with Gasteiger partial charge in [0, 0.05) is 12.0 Å². The molecule has 0 spiro atoms. The molecule has 2 fully saturated rings. The molecule has 1 N–H and O–H groups in total. The van der Waals surface area contributed by atoms with Crippen molar-refractivity contribution in [2.45, 2.75) is 38.6 Å². The Kier molecular flexibility index (Phi) is 3.28. The van der Waals surface area contributed by atoms with Crippen molar-refractivity contribution in [3.63, 3.8) is 0 Å². The highest BCUT2D eigenvalue weighted by Crippen LogP contribution is 2.38. The number of cyclic esters (lactones) is 1.